The maximum Gasteiger partial charge on any atom is 0.231 e. The Kier molecular flexibility index (Phi) is 7.38. The average Bonchev–Trinajstić information content (AvgIpc) is 2.26. The molecule has 0 rings (SSSR count). The van der Waals surface area contributed by atoms with Crippen LogP contribution in [0.4, 0.5) is 0 Å². The van der Waals surface area contributed by atoms with Gasteiger partial charge in [-0.05, 0) is 12.3 Å². The summed E-state index contributed by atoms with van der Waals surface area (Å²) in [7, 11) is -3.21. The van der Waals surface area contributed by atoms with Gasteiger partial charge in [0.25, 0.3) is 0 Å². The molecule has 5 N–H and O–H groups in total. The molecule has 0 aromatic heterocycles. The number of nitrogens with one attached hydrogen (secondary N) is 2. The van der Waals surface area contributed by atoms with Crippen LogP contribution in [0.15, 0.2) is 5.16 Å². The van der Waals surface area contributed by atoms with Crippen molar-refractivity contribution < 1.29 is 18.4 Å². The van der Waals surface area contributed by atoms with Gasteiger partial charge in [0, 0.05) is 13.1 Å². The van der Waals surface area contributed by atoms with Gasteiger partial charge in [0.15, 0.2) is 5.84 Å². The van der Waals surface area contributed by atoms with E-state index in [1.807, 2.05) is 0 Å². The first-order chi connectivity index (χ1) is 8.69. The molecule has 8 nitrogen and oxygen atoms in total. The normalized spacial score (nSPS) is 14.4. The molecule has 0 heterocycles. The molecule has 0 aliphatic heterocycles. The van der Waals surface area contributed by atoms with Crippen molar-refractivity contribution in [2.75, 3.05) is 19.3 Å². The van der Waals surface area contributed by atoms with E-state index in [9.17, 15) is 13.2 Å². The van der Waals surface area contributed by atoms with Crippen LogP contribution < -0.4 is 15.8 Å². The second-order valence-electron chi connectivity index (χ2n) is 4.56. The number of hydrogen-bond donors (Lipinski definition) is 4. The molecule has 0 spiro atoms. The van der Waals surface area contributed by atoms with Crippen LogP contribution in [0.1, 0.15) is 20.3 Å². The van der Waals surface area contributed by atoms with E-state index < -0.39 is 15.9 Å². The van der Waals surface area contributed by atoms with Gasteiger partial charge in [0.2, 0.25) is 15.9 Å². The van der Waals surface area contributed by atoms with Gasteiger partial charge in [0.1, 0.15) is 5.92 Å². The Morgan fingerprint density at radius 2 is 1.95 bits per heavy atom. The fourth-order valence-corrected chi connectivity index (χ4v) is 2.02. The summed E-state index contributed by atoms with van der Waals surface area (Å²) in [5, 5.41) is 14.1. The minimum atomic E-state index is -3.21. The summed E-state index contributed by atoms with van der Waals surface area (Å²) in [5.74, 6) is -1.29. The lowest BCUT2D eigenvalue weighted by Gasteiger charge is -2.18. The van der Waals surface area contributed by atoms with Crippen molar-refractivity contribution in [2.24, 2.45) is 22.7 Å². The molecule has 0 saturated heterocycles. The predicted molar refractivity (Wildman–Crippen MR) is 72.2 cm³/mol. The Morgan fingerprint density at radius 3 is 2.37 bits per heavy atom. The first kappa shape index (κ1) is 17.6. The summed E-state index contributed by atoms with van der Waals surface area (Å²) >= 11 is 0. The Bertz CT molecular complexity index is 419. The summed E-state index contributed by atoms with van der Waals surface area (Å²) < 4.78 is 23.9. The summed E-state index contributed by atoms with van der Waals surface area (Å²) in [6.07, 6.45) is 1.53. The lowest BCUT2D eigenvalue weighted by atomic mass is 9.94. The third kappa shape index (κ3) is 7.62. The first-order valence-electron chi connectivity index (χ1n) is 5.88. The smallest absolute Gasteiger partial charge is 0.231 e. The van der Waals surface area contributed by atoms with E-state index >= 15 is 0 Å². The quantitative estimate of drug-likeness (QED) is 0.151. The highest BCUT2D eigenvalue weighted by molar-refractivity contribution is 7.88. The zero-order valence-corrected chi connectivity index (χ0v) is 12.2. The van der Waals surface area contributed by atoms with Gasteiger partial charge in [-0.1, -0.05) is 19.0 Å². The predicted octanol–water partition coefficient (Wildman–Crippen LogP) is -0.939. The van der Waals surface area contributed by atoms with E-state index in [0.717, 1.165) is 6.26 Å². The molecular formula is C10H22N4O4S. The van der Waals surface area contributed by atoms with Gasteiger partial charge < -0.3 is 16.3 Å². The number of nitrogens with two attached hydrogens (primary N) is 1. The minimum absolute atomic E-state index is 0.106. The molecule has 0 fully saturated rings. The first-order valence-corrected chi connectivity index (χ1v) is 7.78. The highest BCUT2D eigenvalue weighted by atomic mass is 32.2. The zero-order chi connectivity index (χ0) is 15.1. The third-order valence-electron chi connectivity index (χ3n) is 2.40. The van der Waals surface area contributed by atoms with Crippen LogP contribution in [0, 0.1) is 11.8 Å². The van der Waals surface area contributed by atoms with E-state index in [1.54, 1.807) is 13.8 Å². The highest BCUT2D eigenvalue weighted by Crippen LogP contribution is 2.11. The molecule has 9 heteroatoms. The number of rotatable bonds is 8. The van der Waals surface area contributed by atoms with Crippen molar-refractivity contribution in [1.82, 2.24) is 10.0 Å². The lowest BCUT2D eigenvalue weighted by molar-refractivity contribution is -0.124. The Labute approximate surface area is 113 Å². The molecule has 0 bridgehead atoms. The standard InChI is InChI=1S/C10H22N4O4S/c1-7(2)8(9(11)14-16)10(15)12-5-4-6-13-19(3,17)18/h7-8,13,16H,4-6H2,1-3H3,(H2,11,14)(H,12,15). The van der Waals surface area contributed by atoms with Crippen molar-refractivity contribution in [3.63, 3.8) is 0 Å². The maximum absolute atomic E-state index is 11.8. The molecule has 1 atom stereocenters. The molecule has 1 unspecified atom stereocenters. The highest BCUT2D eigenvalue weighted by Gasteiger charge is 2.26. The molecule has 0 aromatic carbocycles. The SMILES string of the molecule is CC(C)C(C(=O)NCCCNS(C)(=O)=O)C(N)=NO. The van der Waals surface area contributed by atoms with Gasteiger partial charge in [-0.15, -0.1) is 0 Å². The number of oxime groups is 1. The number of nitrogens with zero attached hydrogens (tertiary/aromatic N) is 1. The zero-order valence-electron chi connectivity index (χ0n) is 11.4. The Hall–Kier alpha value is -1.35. The summed E-state index contributed by atoms with van der Waals surface area (Å²) in [5.41, 5.74) is 5.45. The van der Waals surface area contributed by atoms with E-state index in [-0.39, 0.29) is 24.2 Å². The van der Waals surface area contributed by atoms with Crippen molar-refractivity contribution in [3.8, 4) is 0 Å². The van der Waals surface area contributed by atoms with Crippen molar-refractivity contribution >= 4 is 21.8 Å². The van der Waals surface area contributed by atoms with Crippen LogP contribution in [-0.4, -0.2) is 44.7 Å². The molecule has 0 aliphatic rings. The van der Waals surface area contributed by atoms with E-state index in [0.29, 0.717) is 13.0 Å². The molecule has 0 aliphatic carbocycles. The number of carbonyl (C=O) groups excluding carboxylic acids is 1. The van der Waals surface area contributed by atoms with E-state index in [4.69, 9.17) is 10.9 Å². The molecular weight excluding hydrogens is 272 g/mol. The molecule has 112 valence electrons. The monoisotopic (exact) mass is 294 g/mol. The molecule has 0 saturated carbocycles. The number of amidine groups is 1. The average molecular weight is 294 g/mol. The van der Waals surface area contributed by atoms with E-state index in [2.05, 4.69) is 15.2 Å². The van der Waals surface area contributed by atoms with Gasteiger partial charge >= 0.3 is 0 Å². The van der Waals surface area contributed by atoms with Crippen molar-refractivity contribution in [2.45, 2.75) is 20.3 Å². The lowest BCUT2D eigenvalue weighted by Crippen LogP contribution is -2.42. The maximum atomic E-state index is 11.8. The minimum Gasteiger partial charge on any atom is -0.409 e. The largest absolute Gasteiger partial charge is 0.409 e. The topological polar surface area (TPSA) is 134 Å². The molecule has 0 radical (unpaired) electrons. The van der Waals surface area contributed by atoms with Gasteiger partial charge in [-0.25, -0.2) is 13.1 Å². The summed E-state index contributed by atoms with van der Waals surface area (Å²) in [6, 6.07) is 0. The number of hydrogen-bond acceptors (Lipinski definition) is 5. The number of amides is 1. The fraction of sp³-hybridized carbons (Fsp3) is 0.800. The Balaban J connectivity index is 4.15. The Morgan fingerprint density at radius 1 is 1.37 bits per heavy atom. The van der Waals surface area contributed by atoms with Crippen molar-refractivity contribution in [1.29, 1.82) is 0 Å². The van der Waals surface area contributed by atoms with Crippen LogP contribution in [0.2, 0.25) is 0 Å². The molecule has 19 heavy (non-hydrogen) atoms. The van der Waals surface area contributed by atoms with Crippen LogP contribution in [0.25, 0.3) is 0 Å². The van der Waals surface area contributed by atoms with Gasteiger partial charge in [-0.3, -0.25) is 4.79 Å². The van der Waals surface area contributed by atoms with Crippen LogP contribution in [-0.2, 0) is 14.8 Å². The molecule has 1 amide bonds. The summed E-state index contributed by atoms with van der Waals surface area (Å²) in [6.45, 7) is 4.12. The number of sulfonamides is 1. The third-order valence-corrected chi connectivity index (χ3v) is 3.13. The second kappa shape index (κ2) is 7.95. The van der Waals surface area contributed by atoms with Gasteiger partial charge in [0.05, 0.1) is 6.26 Å². The summed E-state index contributed by atoms with van der Waals surface area (Å²) in [4.78, 5) is 11.8. The fourth-order valence-electron chi connectivity index (χ4n) is 1.51. The van der Waals surface area contributed by atoms with Crippen molar-refractivity contribution in [3.05, 3.63) is 0 Å². The van der Waals surface area contributed by atoms with Crippen LogP contribution in [0.3, 0.4) is 0 Å². The van der Waals surface area contributed by atoms with E-state index in [1.165, 1.54) is 0 Å². The van der Waals surface area contributed by atoms with Crippen LogP contribution in [0.5, 0.6) is 0 Å². The van der Waals surface area contributed by atoms with Gasteiger partial charge in [-0.2, -0.15) is 0 Å². The number of carbonyl (C=O) groups is 1. The second-order valence-corrected chi connectivity index (χ2v) is 6.39. The van der Waals surface area contributed by atoms with Crippen LogP contribution >= 0.6 is 0 Å². The molecule has 0 aromatic rings.